The predicted molar refractivity (Wildman–Crippen MR) is 108 cm³/mol. The van der Waals surface area contributed by atoms with Gasteiger partial charge in [0.2, 0.25) is 5.82 Å². The number of nitrogens with zero attached hydrogens (tertiary/aromatic N) is 4. The molecule has 0 aliphatic rings. The predicted octanol–water partition coefficient (Wildman–Crippen LogP) is 3.60. The Morgan fingerprint density at radius 2 is 1.54 bits per heavy atom. The quantitative estimate of drug-likeness (QED) is 0.363. The first kappa shape index (κ1) is 26.4. The third kappa shape index (κ3) is 6.26. The van der Waals surface area contributed by atoms with E-state index in [4.69, 9.17) is 11.6 Å². The van der Waals surface area contributed by atoms with E-state index in [1.54, 1.807) is 0 Å². The highest BCUT2D eigenvalue weighted by molar-refractivity contribution is 7.89. The fourth-order valence-electron chi connectivity index (χ4n) is 2.59. The SMILES string of the molecule is C[C@@H](C(=O)NNS(=O)(=O)c1ccc(Cl)cc1)n1nnc(-c2cc(C(F)(F)F)cc(C(F)(F)F)c2)n1. The van der Waals surface area contributed by atoms with Crippen molar-refractivity contribution < 1.29 is 39.6 Å². The van der Waals surface area contributed by atoms with Crippen LogP contribution in [0, 0.1) is 0 Å². The van der Waals surface area contributed by atoms with Crippen LogP contribution in [0.25, 0.3) is 11.4 Å². The van der Waals surface area contributed by atoms with Gasteiger partial charge in [0.15, 0.2) is 6.04 Å². The number of hydrogen-bond donors (Lipinski definition) is 2. The number of carbonyl (C=O) groups excluding carboxylic acids is 1. The molecule has 35 heavy (non-hydrogen) atoms. The zero-order valence-electron chi connectivity index (χ0n) is 17.2. The lowest BCUT2D eigenvalue weighted by Gasteiger charge is -2.13. The lowest BCUT2D eigenvalue weighted by Crippen LogP contribution is -2.44. The molecule has 0 radical (unpaired) electrons. The Hall–Kier alpha value is -3.24. The van der Waals surface area contributed by atoms with Crippen LogP contribution in [-0.4, -0.2) is 34.5 Å². The highest BCUT2D eigenvalue weighted by Gasteiger charge is 2.37. The Labute approximate surface area is 198 Å². The summed E-state index contributed by atoms with van der Waals surface area (Å²) in [7, 11) is -4.18. The molecule has 0 aliphatic heterocycles. The van der Waals surface area contributed by atoms with E-state index in [1.165, 1.54) is 31.2 Å². The van der Waals surface area contributed by atoms with E-state index in [2.05, 4.69) is 15.4 Å². The minimum Gasteiger partial charge on any atom is -0.276 e. The molecule has 0 unspecified atom stereocenters. The van der Waals surface area contributed by atoms with E-state index >= 15 is 0 Å². The molecule has 1 aromatic heterocycles. The van der Waals surface area contributed by atoms with Gasteiger partial charge in [-0.15, -0.1) is 15.0 Å². The number of amides is 1. The number of hydrazine groups is 1. The summed E-state index contributed by atoms with van der Waals surface area (Å²) in [6.45, 7) is 1.19. The summed E-state index contributed by atoms with van der Waals surface area (Å²) in [5.41, 5.74) is -1.90. The molecule has 0 spiro atoms. The van der Waals surface area contributed by atoms with Crippen molar-refractivity contribution in [1.82, 2.24) is 30.5 Å². The van der Waals surface area contributed by atoms with Crippen molar-refractivity contribution >= 4 is 27.5 Å². The first-order valence-electron chi connectivity index (χ1n) is 9.24. The van der Waals surface area contributed by atoms with Crippen LogP contribution in [0.15, 0.2) is 47.4 Å². The molecule has 3 aromatic rings. The molecule has 3 rings (SSSR count). The first-order chi connectivity index (χ1) is 16.1. The smallest absolute Gasteiger partial charge is 0.276 e. The second-order valence-corrected chi connectivity index (χ2v) is 9.07. The van der Waals surface area contributed by atoms with Crippen molar-refractivity contribution in [3.63, 3.8) is 0 Å². The molecule has 0 fully saturated rings. The molecule has 2 aromatic carbocycles. The average Bonchev–Trinajstić information content (AvgIpc) is 3.26. The highest BCUT2D eigenvalue weighted by atomic mass is 35.5. The zero-order valence-corrected chi connectivity index (χ0v) is 18.8. The molecular weight excluding hydrogens is 530 g/mol. The van der Waals surface area contributed by atoms with Crippen molar-refractivity contribution in [1.29, 1.82) is 0 Å². The van der Waals surface area contributed by atoms with Gasteiger partial charge in [0.05, 0.1) is 16.0 Å². The summed E-state index contributed by atoms with van der Waals surface area (Å²) in [6.07, 6.45) is -10.2. The summed E-state index contributed by atoms with van der Waals surface area (Å²) in [5, 5.41) is 10.8. The third-order valence-corrected chi connectivity index (χ3v) is 5.95. The minimum absolute atomic E-state index is 0.0587. The molecule has 2 N–H and O–H groups in total. The van der Waals surface area contributed by atoms with E-state index in [1.807, 2.05) is 10.3 Å². The van der Waals surface area contributed by atoms with Crippen LogP contribution in [0.2, 0.25) is 5.02 Å². The lowest BCUT2D eigenvalue weighted by atomic mass is 10.0. The molecular formula is C18H13ClF6N6O3S. The van der Waals surface area contributed by atoms with Crippen molar-refractivity contribution in [2.75, 3.05) is 0 Å². The second kappa shape index (κ2) is 9.43. The van der Waals surface area contributed by atoms with Crippen LogP contribution < -0.4 is 10.3 Å². The van der Waals surface area contributed by atoms with Gasteiger partial charge in [-0.2, -0.15) is 31.1 Å². The monoisotopic (exact) mass is 542 g/mol. The van der Waals surface area contributed by atoms with Crippen molar-refractivity contribution in [3.05, 3.63) is 58.6 Å². The fraction of sp³-hybridized carbons (Fsp3) is 0.222. The number of alkyl halides is 6. The summed E-state index contributed by atoms with van der Waals surface area (Å²) in [4.78, 5) is 14.5. The fourth-order valence-corrected chi connectivity index (χ4v) is 3.56. The van der Waals surface area contributed by atoms with Crippen molar-refractivity contribution in [2.24, 2.45) is 0 Å². The van der Waals surface area contributed by atoms with E-state index in [0.717, 1.165) is 0 Å². The number of nitrogens with one attached hydrogen (secondary N) is 2. The van der Waals surface area contributed by atoms with E-state index < -0.39 is 56.8 Å². The second-order valence-electron chi connectivity index (χ2n) is 6.95. The van der Waals surface area contributed by atoms with Crippen LogP contribution in [0.3, 0.4) is 0 Å². The molecule has 1 amide bonds. The molecule has 17 heteroatoms. The zero-order chi connectivity index (χ0) is 26.2. The number of carbonyl (C=O) groups is 1. The normalized spacial score (nSPS) is 13.5. The van der Waals surface area contributed by atoms with Crippen molar-refractivity contribution in [3.8, 4) is 11.4 Å². The van der Waals surface area contributed by atoms with Crippen LogP contribution in [0.5, 0.6) is 0 Å². The number of hydrogen-bond acceptors (Lipinski definition) is 6. The minimum atomic E-state index is -5.08. The number of halogens is 7. The number of rotatable bonds is 6. The largest absolute Gasteiger partial charge is 0.416 e. The summed E-state index contributed by atoms with van der Waals surface area (Å²) < 4.78 is 103. The lowest BCUT2D eigenvalue weighted by molar-refractivity contribution is -0.143. The number of tetrazole rings is 1. The van der Waals surface area contributed by atoms with E-state index in [-0.39, 0.29) is 16.0 Å². The van der Waals surface area contributed by atoms with Gasteiger partial charge in [0.25, 0.3) is 15.9 Å². The molecule has 0 saturated carbocycles. The Morgan fingerprint density at radius 1 is 1.00 bits per heavy atom. The number of sulfonamides is 1. The van der Waals surface area contributed by atoms with Gasteiger partial charge in [-0.1, -0.05) is 11.6 Å². The summed E-state index contributed by atoms with van der Waals surface area (Å²) >= 11 is 5.69. The Morgan fingerprint density at radius 3 is 2.06 bits per heavy atom. The molecule has 188 valence electrons. The van der Waals surface area contributed by atoms with Crippen LogP contribution in [0.1, 0.15) is 24.1 Å². The third-order valence-electron chi connectivity index (χ3n) is 4.43. The Balaban J connectivity index is 1.80. The van der Waals surface area contributed by atoms with Gasteiger partial charge in [-0.25, -0.2) is 8.42 Å². The van der Waals surface area contributed by atoms with Gasteiger partial charge in [-0.05, 0) is 54.6 Å². The summed E-state index contributed by atoms with van der Waals surface area (Å²) in [6, 6.07) is 4.35. The van der Waals surface area contributed by atoms with E-state index in [0.29, 0.717) is 16.9 Å². The standard InChI is InChI=1S/C18H13ClF6N6O3S/c1-9(16(32)27-30-35(33,34)14-4-2-13(19)3-5-14)31-28-15(26-29-31)10-6-11(17(20,21)22)8-12(7-10)18(23,24)25/h2-9,30H,1H3,(H,27,32)/t9-/m0/s1. The number of benzene rings is 2. The molecule has 1 atom stereocenters. The molecule has 1 heterocycles. The summed E-state index contributed by atoms with van der Waals surface area (Å²) in [5.74, 6) is -1.63. The Bertz CT molecular complexity index is 1310. The Kier molecular flexibility index (Phi) is 7.10. The van der Waals surface area contributed by atoms with Crippen LogP contribution >= 0.6 is 11.6 Å². The molecule has 9 nitrogen and oxygen atoms in total. The average molecular weight is 543 g/mol. The maximum atomic E-state index is 13.1. The van der Waals surface area contributed by atoms with Gasteiger partial charge in [0.1, 0.15) is 0 Å². The highest BCUT2D eigenvalue weighted by Crippen LogP contribution is 2.38. The molecule has 0 saturated heterocycles. The van der Waals surface area contributed by atoms with Gasteiger partial charge in [0, 0.05) is 10.6 Å². The first-order valence-corrected chi connectivity index (χ1v) is 11.1. The topological polar surface area (TPSA) is 119 Å². The van der Waals surface area contributed by atoms with Crippen molar-refractivity contribution in [2.45, 2.75) is 30.2 Å². The van der Waals surface area contributed by atoms with Gasteiger partial charge < -0.3 is 0 Å². The van der Waals surface area contributed by atoms with Gasteiger partial charge in [-0.3, -0.25) is 10.2 Å². The molecule has 0 bridgehead atoms. The molecule has 0 aliphatic carbocycles. The number of aromatic nitrogens is 4. The van der Waals surface area contributed by atoms with E-state index in [9.17, 15) is 39.6 Å². The maximum absolute atomic E-state index is 13.1. The van der Waals surface area contributed by atoms with Crippen LogP contribution in [-0.2, 0) is 27.2 Å². The maximum Gasteiger partial charge on any atom is 0.416 e. The van der Waals surface area contributed by atoms with Crippen LogP contribution in [0.4, 0.5) is 26.3 Å². The van der Waals surface area contributed by atoms with Gasteiger partial charge >= 0.3 is 12.4 Å².